The Bertz CT molecular complexity index is 1160. The van der Waals surface area contributed by atoms with Gasteiger partial charge in [0.1, 0.15) is 12.6 Å². The molecular formula is C24H30Cl3N3O4S. The lowest BCUT2D eigenvalue weighted by molar-refractivity contribution is -0.140. The quantitative estimate of drug-likeness (QED) is 0.411. The first-order valence-electron chi connectivity index (χ1n) is 11.1. The normalized spacial score (nSPS) is 13.1. The number of nitrogens with zero attached hydrogens (tertiary/aromatic N) is 2. The molecule has 35 heavy (non-hydrogen) atoms. The van der Waals surface area contributed by atoms with Crippen molar-refractivity contribution >= 4 is 62.3 Å². The van der Waals surface area contributed by atoms with Gasteiger partial charge in [0.25, 0.3) is 0 Å². The van der Waals surface area contributed by atoms with Crippen molar-refractivity contribution in [2.24, 2.45) is 0 Å². The predicted octanol–water partition coefficient (Wildman–Crippen LogP) is 5.13. The highest BCUT2D eigenvalue weighted by Gasteiger charge is 2.33. The second-order valence-electron chi connectivity index (χ2n) is 8.22. The van der Waals surface area contributed by atoms with Gasteiger partial charge in [0.05, 0.1) is 17.0 Å². The van der Waals surface area contributed by atoms with Crippen LogP contribution in [0.4, 0.5) is 5.69 Å². The fourth-order valence-corrected chi connectivity index (χ4v) is 5.07. The van der Waals surface area contributed by atoms with E-state index >= 15 is 0 Å². The molecule has 11 heteroatoms. The zero-order chi connectivity index (χ0) is 26.3. The second kappa shape index (κ2) is 12.8. The van der Waals surface area contributed by atoms with Crippen LogP contribution in [0, 0.1) is 0 Å². The summed E-state index contributed by atoms with van der Waals surface area (Å²) < 4.78 is 26.2. The van der Waals surface area contributed by atoms with Gasteiger partial charge in [0, 0.05) is 22.6 Å². The van der Waals surface area contributed by atoms with Crippen LogP contribution in [0.5, 0.6) is 0 Å². The number of amides is 2. The van der Waals surface area contributed by atoms with Gasteiger partial charge in [-0.3, -0.25) is 13.9 Å². The van der Waals surface area contributed by atoms with Gasteiger partial charge in [-0.2, -0.15) is 0 Å². The van der Waals surface area contributed by atoms with Crippen LogP contribution >= 0.6 is 34.8 Å². The van der Waals surface area contributed by atoms with Crippen molar-refractivity contribution in [3.8, 4) is 0 Å². The SMILES string of the molecule is CC[C@@H](C)NC(=O)[C@H](CC)N(Cc1ccccc1Cl)C(=O)CN(c1ccc(Cl)cc1Cl)S(C)(=O)=O. The van der Waals surface area contributed by atoms with Gasteiger partial charge in [-0.15, -0.1) is 0 Å². The average molecular weight is 563 g/mol. The Morgan fingerprint density at radius 1 is 1.00 bits per heavy atom. The number of rotatable bonds is 11. The molecule has 0 radical (unpaired) electrons. The first-order chi connectivity index (χ1) is 16.4. The first-order valence-corrected chi connectivity index (χ1v) is 14.1. The van der Waals surface area contributed by atoms with Crippen LogP contribution in [0.15, 0.2) is 42.5 Å². The molecule has 2 rings (SSSR count). The number of halogens is 3. The molecule has 0 aliphatic rings. The fraction of sp³-hybridized carbons (Fsp3) is 0.417. The van der Waals surface area contributed by atoms with Crippen LogP contribution in [-0.4, -0.2) is 50.0 Å². The lowest BCUT2D eigenvalue weighted by atomic mass is 10.1. The van der Waals surface area contributed by atoms with Crippen LogP contribution in [0.25, 0.3) is 0 Å². The van der Waals surface area contributed by atoms with Gasteiger partial charge >= 0.3 is 0 Å². The van der Waals surface area contributed by atoms with Crippen molar-refractivity contribution in [1.29, 1.82) is 0 Å². The Kier molecular flexibility index (Phi) is 10.7. The molecule has 0 aliphatic carbocycles. The highest BCUT2D eigenvalue weighted by Crippen LogP contribution is 2.31. The van der Waals surface area contributed by atoms with Gasteiger partial charge in [-0.25, -0.2) is 8.42 Å². The highest BCUT2D eigenvalue weighted by molar-refractivity contribution is 7.92. The van der Waals surface area contributed by atoms with Crippen molar-refractivity contribution in [1.82, 2.24) is 10.2 Å². The molecule has 0 fully saturated rings. The molecular weight excluding hydrogens is 533 g/mol. The molecule has 0 aromatic heterocycles. The molecule has 2 aromatic carbocycles. The van der Waals surface area contributed by atoms with Gasteiger partial charge in [-0.05, 0) is 49.6 Å². The van der Waals surface area contributed by atoms with Crippen molar-refractivity contribution in [3.63, 3.8) is 0 Å². The molecule has 192 valence electrons. The Balaban J connectivity index is 2.49. The molecule has 2 atom stereocenters. The maximum absolute atomic E-state index is 13.7. The molecule has 1 N–H and O–H groups in total. The lowest BCUT2D eigenvalue weighted by Gasteiger charge is -2.33. The maximum Gasteiger partial charge on any atom is 0.244 e. The zero-order valence-corrected chi connectivity index (χ0v) is 23.2. The van der Waals surface area contributed by atoms with E-state index in [1.807, 2.05) is 13.8 Å². The third-order valence-corrected chi connectivity index (χ3v) is 7.58. The van der Waals surface area contributed by atoms with Crippen molar-refractivity contribution in [2.75, 3.05) is 17.1 Å². The fourth-order valence-electron chi connectivity index (χ4n) is 3.45. The maximum atomic E-state index is 13.7. The summed E-state index contributed by atoms with van der Waals surface area (Å²) in [5.41, 5.74) is 0.745. The van der Waals surface area contributed by atoms with Crippen molar-refractivity contribution in [2.45, 2.75) is 52.2 Å². The number of anilines is 1. The molecule has 0 spiro atoms. The third kappa shape index (κ3) is 8.00. The number of hydrogen-bond acceptors (Lipinski definition) is 4. The van der Waals surface area contributed by atoms with Crippen LogP contribution in [0.2, 0.25) is 15.1 Å². The number of sulfonamides is 1. The van der Waals surface area contributed by atoms with Crippen molar-refractivity contribution < 1.29 is 18.0 Å². The van der Waals surface area contributed by atoms with E-state index in [0.29, 0.717) is 22.0 Å². The van der Waals surface area contributed by atoms with Crippen LogP contribution < -0.4 is 9.62 Å². The number of carbonyl (C=O) groups is 2. The van der Waals surface area contributed by atoms with Crippen LogP contribution in [0.1, 0.15) is 39.2 Å². The van der Waals surface area contributed by atoms with Crippen molar-refractivity contribution in [3.05, 3.63) is 63.1 Å². The third-order valence-electron chi connectivity index (χ3n) is 5.54. The van der Waals surface area contributed by atoms with E-state index in [2.05, 4.69) is 5.32 Å². The summed E-state index contributed by atoms with van der Waals surface area (Å²) in [7, 11) is -3.91. The molecule has 2 aromatic rings. The monoisotopic (exact) mass is 561 g/mol. The molecule has 0 saturated heterocycles. The van der Waals surface area contributed by atoms with E-state index in [1.54, 1.807) is 31.2 Å². The molecule has 0 aliphatic heterocycles. The number of nitrogens with one attached hydrogen (secondary N) is 1. The van der Waals surface area contributed by atoms with E-state index in [9.17, 15) is 18.0 Å². The summed E-state index contributed by atoms with van der Waals surface area (Å²) in [6.07, 6.45) is 2.02. The number of hydrogen-bond donors (Lipinski definition) is 1. The van der Waals surface area contributed by atoms with Crippen LogP contribution in [-0.2, 0) is 26.2 Å². The minimum atomic E-state index is -3.91. The minimum absolute atomic E-state index is 0.0247. The lowest BCUT2D eigenvalue weighted by Crippen LogP contribution is -2.53. The molecule has 0 bridgehead atoms. The molecule has 2 amide bonds. The smallest absolute Gasteiger partial charge is 0.244 e. The van der Waals surface area contributed by atoms with E-state index in [-0.39, 0.29) is 29.2 Å². The van der Waals surface area contributed by atoms with Crippen LogP contribution in [0.3, 0.4) is 0 Å². The standard InChI is InChI=1S/C24H30Cl3N3O4S/c1-5-16(3)28-24(32)21(6-2)29(14-17-9-7-8-10-19(17)26)23(31)15-30(35(4,33)34)22-12-11-18(25)13-20(22)27/h7-13,16,21H,5-6,14-15H2,1-4H3,(H,28,32)/t16-,21+/m1/s1. The predicted molar refractivity (Wildman–Crippen MR) is 143 cm³/mol. The van der Waals surface area contributed by atoms with E-state index in [1.165, 1.54) is 23.1 Å². The summed E-state index contributed by atoms with van der Waals surface area (Å²) in [4.78, 5) is 28.1. The largest absolute Gasteiger partial charge is 0.352 e. The summed E-state index contributed by atoms with van der Waals surface area (Å²) >= 11 is 18.6. The Hall–Kier alpha value is -2.00. The number of benzene rings is 2. The molecule has 7 nitrogen and oxygen atoms in total. The topological polar surface area (TPSA) is 86.8 Å². The Morgan fingerprint density at radius 3 is 2.20 bits per heavy atom. The molecule has 0 heterocycles. The Morgan fingerprint density at radius 2 is 1.66 bits per heavy atom. The first kappa shape index (κ1) is 29.2. The second-order valence-corrected chi connectivity index (χ2v) is 11.4. The number of carbonyl (C=O) groups excluding carboxylic acids is 2. The molecule has 0 unspecified atom stereocenters. The van der Waals surface area contributed by atoms with E-state index in [0.717, 1.165) is 17.0 Å². The summed E-state index contributed by atoms with van der Waals surface area (Å²) in [6.45, 7) is 5.07. The van der Waals surface area contributed by atoms with Gasteiger partial charge in [-0.1, -0.05) is 66.8 Å². The molecule has 0 saturated carbocycles. The van der Waals surface area contributed by atoms with E-state index < -0.39 is 28.5 Å². The summed E-state index contributed by atoms with van der Waals surface area (Å²) in [5.74, 6) is -0.898. The van der Waals surface area contributed by atoms with Gasteiger partial charge in [0.15, 0.2) is 0 Å². The summed E-state index contributed by atoms with van der Waals surface area (Å²) in [6, 6.07) is 10.4. The summed E-state index contributed by atoms with van der Waals surface area (Å²) in [5, 5.41) is 3.75. The highest BCUT2D eigenvalue weighted by atomic mass is 35.5. The van der Waals surface area contributed by atoms with Gasteiger partial charge < -0.3 is 10.2 Å². The van der Waals surface area contributed by atoms with E-state index in [4.69, 9.17) is 34.8 Å². The zero-order valence-electron chi connectivity index (χ0n) is 20.1. The minimum Gasteiger partial charge on any atom is -0.352 e. The average Bonchev–Trinajstić information content (AvgIpc) is 2.78. The Labute approximate surface area is 222 Å². The van der Waals surface area contributed by atoms with Gasteiger partial charge in [0.2, 0.25) is 21.8 Å².